The van der Waals surface area contributed by atoms with Crippen LogP contribution in [0.15, 0.2) is 35.5 Å². The first-order valence-electron chi connectivity index (χ1n) is 8.67. The molecule has 3 heterocycles. The van der Waals surface area contributed by atoms with E-state index in [1.54, 1.807) is 11.8 Å². The minimum atomic E-state index is -2.87. The van der Waals surface area contributed by atoms with Gasteiger partial charge in [0.15, 0.2) is 15.0 Å². The number of pyridine rings is 1. The van der Waals surface area contributed by atoms with Gasteiger partial charge in [0.05, 0.1) is 17.0 Å². The van der Waals surface area contributed by atoms with Crippen LogP contribution < -0.4 is 0 Å². The monoisotopic (exact) mass is 422 g/mol. The van der Waals surface area contributed by atoms with E-state index >= 15 is 0 Å². The van der Waals surface area contributed by atoms with Crippen LogP contribution in [0.4, 0.5) is 0 Å². The Kier molecular flexibility index (Phi) is 5.13. The molecule has 9 heteroatoms. The van der Waals surface area contributed by atoms with Gasteiger partial charge in [-0.3, -0.25) is 0 Å². The smallest absolute Gasteiger partial charge is 0.191 e. The quantitative estimate of drug-likeness (QED) is 0.463. The topological polar surface area (TPSA) is 77.7 Å². The Hall–Kier alpha value is -1.64. The number of thioether (sulfide) groups is 1. The van der Waals surface area contributed by atoms with Gasteiger partial charge in [0.1, 0.15) is 11.0 Å². The van der Waals surface area contributed by atoms with E-state index in [2.05, 4.69) is 21.2 Å². The average molecular weight is 423 g/mol. The molecule has 4 rings (SSSR count). The summed E-state index contributed by atoms with van der Waals surface area (Å²) < 4.78 is 25.2. The summed E-state index contributed by atoms with van der Waals surface area (Å²) in [4.78, 5) is 4.45. The maximum Gasteiger partial charge on any atom is 0.191 e. The molecular weight excluding hydrogens is 404 g/mol. The Labute approximate surface area is 167 Å². The van der Waals surface area contributed by atoms with Crippen LogP contribution in [-0.4, -0.2) is 39.7 Å². The van der Waals surface area contributed by atoms with Gasteiger partial charge in [-0.05, 0) is 24.5 Å². The van der Waals surface area contributed by atoms with Gasteiger partial charge in [0.25, 0.3) is 0 Å². The van der Waals surface area contributed by atoms with Crippen LogP contribution in [0, 0.1) is 5.92 Å². The second kappa shape index (κ2) is 7.41. The predicted molar refractivity (Wildman–Crippen MR) is 108 cm³/mol. The van der Waals surface area contributed by atoms with Crippen LogP contribution in [0.2, 0.25) is 5.15 Å². The molecule has 2 aromatic heterocycles. The highest BCUT2D eigenvalue weighted by molar-refractivity contribution is 7.98. The number of benzene rings is 1. The lowest BCUT2D eigenvalue weighted by atomic mass is 10.1. The molecule has 1 saturated heterocycles. The lowest BCUT2D eigenvalue weighted by Crippen LogP contribution is -2.11. The number of halogens is 1. The zero-order valence-corrected chi connectivity index (χ0v) is 17.2. The molecule has 0 spiro atoms. The molecule has 1 aliphatic heterocycles. The van der Waals surface area contributed by atoms with Gasteiger partial charge in [-0.25, -0.2) is 13.4 Å². The van der Waals surface area contributed by atoms with Crippen molar-refractivity contribution in [3.8, 4) is 0 Å². The summed E-state index contributed by atoms with van der Waals surface area (Å²) >= 11 is 7.88. The molecule has 1 aromatic carbocycles. The Morgan fingerprint density at radius 1 is 1.30 bits per heavy atom. The lowest BCUT2D eigenvalue weighted by Gasteiger charge is -2.08. The molecule has 0 bridgehead atoms. The predicted octanol–water partition coefficient (Wildman–Crippen LogP) is 3.29. The molecule has 1 unspecified atom stereocenters. The largest absolute Gasteiger partial charge is 0.309 e. The molecular formula is C18H19ClN4O2S2. The third-order valence-electron chi connectivity index (χ3n) is 4.83. The van der Waals surface area contributed by atoms with Gasteiger partial charge in [-0.2, -0.15) is 0 Å². The third-order valence-corrected chi connectivity index (χ3v) is 8.06. The maximum absolute atomic E-state index is 11.6. The Balaban J connectivity index is 1.46. The third kappa shape index (κ3) is 4.12. The minimum Gasteiger partial charge on any atom is -0.309 e. The van der Waals surface area contributed by atoms with E-state index in [0.717, 1.165) is 27.4 Å². The summed E-state index contributed by atoms with van der Waals surface area (Å²) in [7, 11) is -0.957. The van der Waals surface area contributed by atoms with Gasteiger partial charge in [0.2, 0.25) is 0 Å². The van der Waals surface area contributed by atoms with Crippen LogP contribution in [0.5, 0.6) is 0 Å². The highest BCUT2D eigenvalue weighted by Gasteiger charge is 2.29. The van der Waals surface area contributed by atoms with E-state index < -0.39 is 9.84 Å². The molecule has 0 aliphatic carbocycles. The molecule has 0 saturated carbocycles. The number of nitrogens with zero attached hydrogens (tertiary/aromatic N) is 4. The fourth-order valence-corrected chi connectivity index (χ4v) is 6.38. The number of hydrogen-bond donors (Lipinski definition) is 0. The Morgan fingerprint density at radius 2 is 2.11 bits per heavy atom. The first-order chi connectivity index (χ1) is 12.9. The fourth-order valence-electron chi connectivity index (χ4n) is 3.32. The maximum atomic E-state index is 11.6. The van der Waals surface area contributed by atoms with E-state index in [1.807, 2.05) is 35.9 Å². The summed E-state index contributed by atoms with van der Waals surface area (Å²) in [5.41, 5.74) is 1.83. The van der Waals surface area contributed by atoms with Crippen LogP contribution in [0.25, 0.3) is 10.9 Å². The van der Waals surface area contributed by atoms with Crippen molar-refractivity contribution in [3.05, 3.63) is 46.9 Å². The minimum absolute atomic E-state index is 0.134. The average Bonchev–Trinajstić information content (AvgIpc) is 3.15. The Morgan fingerprint density at radius 3 is 2.89 bits per heavy atom. The normalized spacial score (nSPS) is 19.0. The molecule has 1 fully saturated rings. The van der Waals surface area contributed by atoms with Gasteiger partial charge in [-0.15, -0.1) is 10.2 Å². The summed E-state index contributed by atoms with van der Waals surface area (Å²) in [5.74, 6) is 2.13. The molecule has 3 aromatic rings. The summed E-state index contributed by atoms with van der Waals surface area (Å²) in [6.45, 7) is 0. The van der Waals surface area contributed by atoms with Gasteiger partial charge in [-0.1, -0.05) is 41.6 Å². The van der Waals surface area contributed by atoms with Crippen LogP contribution >= 0.6 is 23.4 Å². The summed E-state index contributed by atoms with van der Waals surface area (Å²) in [6.07, 6.45) is 1.34. The zero-order chi connectivity index (χ0) is 19.0. The first kappa shape index (κ1) is 18.7. The van der Waals surface area contributed by atoms with Crippen molar-refractivity contribution >= 4 is 44.1 Å². The number of fused-ring (bicyclic) bond motifs is 1. The van der Waals surface area contributed by atoms with E-state index in [-0.39, 0.29) is 17.4 Å². The van der Waals surface area contributed by atoms with Gasteiger partial charge < -0.3 is 4.57 Å². The van der Waals surface area contributed by atoms with Crippen molar-refractivity contribution in [3.63, 3.8) is 0 Å². The first-order valence-corrected chi connectivity index (χ1v) is 11.9. The second-order valence-electron chi connectivity index (χ2n) is 6.85. The number of hydrogen-bond acceptors (Lipinski definition) is 6. The number of rotatable bonds is 5. The number of aromatic nitrogens is 4. The lowest BCUT2D eigenvalue weighted by molar-refractivity contribution is 0.552. The Bertz CT molecular complexity index is 1100. The van der Waals surface area contributed by atoms with E-state index in [4.69, 9.17) is 11.6 Å². The molecule has 142 valence electrons. The highest BCUT2D eigenvalue weighted by atomic mass is 35.5. The second-order valence-corrected chi connectivity index (χ2v) is 10.4. The standard InChI is InChI=1S/C18H19ClN4O2S2/c1-23-16(8-12-6-7-27(24,25)11-12)21-22-18(23)26-10-14-9-13-4-2-3-5-15(13)20-17(14)19/h2-5,9,12H,6-8,10-11H2,1H3. The van der Waals surface area contributed by atoms with Crippen molar-refractivity contribution in [2.45, 2.75) is 23.8 Å². The number of sulfone groups is 1. The molecule has 0 N–H and O–H groups in total. The highest BCUT2D eigenvalue weighted by Crippen LogP contribution is 2.28. The van der Waals surface area contributed by atoms with Crippen molar-refractivity contribution < 1.29 is 8.42 Å². The molecule has 27 heavy (non-hydrogen) atoms. The van der Waals surface area contributed by atoms with Crippen LogP contribution in [0.1, 0.15) is 17.8 Å². The van der Waals surface area contributed by atoms with E-state index in [1.165, 1.54) is 0 Å². The van der Waals surface area contributed by atoms with Crippen LogP contribution in [-0.2, 0) is 29.1 Å². The summed E-state index contributed by atoms with van der Waals surface area (Å²) in [6, 6.07) is 9.93. The zero-order valence-electron chi connectivity index (χ0n) is 14.8. The van der Waals surface area contributed by atoms with E-state index in [0.29, 0.717) is 23.7 Å². The number of para-hydroxylation sites is 1. The fraction of sp³-hybridized carbons (Fsp3) is 0.389. The molecule has 6 nitrogen and oxygen atoms in total. The molecule has 1 aliphatic rings. The van der Waals surface area contributed by atoms with Crippen molar-refractivity contribution in [1.82, 2.24) is 19.7 Å². The summed E-state index contributed by atoms with van der Waals surface area (Å²) in [5, 5.41) is 10.9. The molecule has 0 radical (unpaired) electrons. The molecule has 0 amide bonds. The van der Waals surface area contributed by atoms with Crippen molar-refractivity contribution in [1.29, 1.82) is 0 Å². The van der Waals surface area contributed by atoms with Crippen molar-refractivity contribution in [2.75, 3.05) is 11.5 Å². The van der Waals surface area contributed by atoms with E-state index in [9.17, 15) is 8.42 Å². The molecule has 1 atom stereocenters. The SMILES string of the molecule is Cn1c(CC2CCS(=O)(=O)C2)nnc1SCc1cc2ccccc2nc1Cl. The van der Waals surface area contributed by atoms with Gasteiger partial charge in [0, 0.05) is 30.2 Å². The van der Waals surface area contributed by atoms with Gasteiger partial charge >= 0.3 is 0 Å². The van der Waals surface area contributed by atoms with Crippen LogP contribution in [0.3, 0.4) is 0 Å². The van der Waals surface area contributed by atoms with Crippen molar-refractivity contribution in [2.24, 2.45) is 13.0 Å².